The van der Waals surface area contributed by atoms with E-state index < -0.39 is 0 Å². The molecule has 0 spiro atoms. The fraction of sp³-hybridized carbons (Fsp3) is 0.238. The van der Waals surface area contributed by atoms with Crippen LogP contribution in [0, 0.1) is 3.57 Å². The molecule has 0 aliphatic carbocycles. The van der Waals surface area contributed by atoms with E-state index in [0.717, 1.165) is 24.2 Å². The van der Waals surface area contributed by atoms with Gasteiger partial charge in [-0.05, 0) is 45.9 Å². The summed E-state index contributed by atoms with van der Waals surface area (Å²) >= 11 is 2.28. The van der Waals surface area contributed by atoms with Crippen LogP contribution in [0.15, 0.2) is 59.7 Å². The van der Waals surface area contributed by atoms with Gasteiger partial charge in [0.1, 0.15) is 0 Å². The lowest BCUT2D eigenvalue weighted by Gasteiger charge is -2.27. The average Bonchev–Trinajstić information content (AvgIpc) is 2.80. The summed E-state index contributed by atoms with van der Waals surface area (Å²) in [5, 5.41) is 7.57. The second-order valence-electron chi connectivity index (χ2n) is 6.64. The molecule has 0 saturated carbocycles. The normalized spacial score (nSPS) is 14.1. The van der Waals surface area contributed by atoms with Gasteiger partial charge < -0.3 is 15.0 Å². The highest BCUT2D eigenvalue weighted by Crippen LogP contribution is 2.16. The third kappa shape index (κ3) is 5.86. The van der Waals surface area contributed by atoms with Gasteiger partial charge in [0, 0.05) is 23.2 Å². The summed E-state index contributed by atoms with van der Waals surface area (Å²) in [5.41, 5.74) is 5.08. The Morgan fingerprint density at radius 2 is 1.70 bits per heavy atom. The van der Waals surface area contributed by atoms with Crippen molar-refractivity contribution in [2.45, 2.75) is 6.54 Å². The highest BCUT2D eigenvalue weighted by atomic mass is 127. The summed E-state index contributed by atoms with van der Waals surface area (Å²) in [5.74, 6) is 1.50. The molecule has 30 heavy (non-hydrogen) atoms. The van der Waals surface area contributed by atoms with E-state index in [0.29, 0.717) is 37.6 Å². The van der Waals surface area contributed by atoms with Crippen molar-refractivity contribution < 1.29 is 4.74 Å². The van der Waals surface area contributed by atoms with Gasteiger partial charge in [0.25, 0.3) is 0 Å². The van der Waals surface area contributed by atoms with Gasteiger partial charge in [-0.1, -0.05) is 42.5 Å². The first-order valence-corrected chi connectivity index (χ1v) is 10.8. The maximum absolute atomic E-state index is 5.44. The highest BCUT2D eigenvalue weighted by molar-refractivity contribution is 14.1. The number of benzene rings is 2. The molecular weight excluding hydrogens is 493 g/mol. The first kappa shape index (κ1) is 20.5. The lowest BCUT2D eigenvalue weighted by molar-refractivity contribution is 0.122. The van der Waals surface area contributed by atoms with Crippen LogP contribution in [0.4, 0.5) is 17.8 Å². The second-order valence-corrected chi connectivity index (χ2v) is 7.89. The van der Waals surface area contributed by atoms with E-state index in [4.69, 9.17) is 4.74 Å². The summed E-state index contributed by atoms with van der Waals surface area (Å²) in [4.78, 5) is 15.7. The Morgan fingerprint density at radius 3 is 2.47 bits per heavy atom. The zero-order chi connectivity index (χ0) is 20.6. The van der Waals surface area contributed by atoms with Crippen LogP contribution in [0.5, 0.6) is 0 Å². The van der Waals surface area contributed by atoms with Crippen molar-refractivity contribution in [3.05, 3.63) is 69.3 Å². The molecule has 1 aliphatic heterocycles. The molecule has 154 valence electrons. The number of nitrogens with one attached hydrogen (secondary N) is 2. The van der Waals surface area contributed by atoms with Gasteiger partial charge in [-0.15, -0.1) is 0 Å². The van der Waals surface area contributed by atoms with E-state index >= 15 is 0 Å². The Kier molecular flexibility index (Phi) is 7.03. The van der Waals surface area contributed by atoms with Crippen molar-refractivity contribution in [2.24, 2.45) is 5.10 Å². The zero-order valence-electron chi connectivity index (χ0n) is 16.3. The van der Waals surface area contributed by atoms with Gasteiger partial charge in [-0.2, -0.15) is 20.1 Å². The minimum absolute atomic E-state index is 0.392. The lowest BCUT2D eigenvalue weighted by atomic mass is 10.2. The average molecular weight is 515 g/mol. The Hall–Kier alpha value is -2.79. The minimum Gasteiger partial charge on any atom is -0.378 e. The fourth-order valence-electron chi connectivity index (χ4n) is 2.89. The molecule has 0 amide bonds. The Balaban J connectivity index is 1.50. The summed E-state index contributed by atoms with van der Waals surface area (Å²) in [6.45, 7) is 3.43. The molecule has 8 nitrogen and oxygen atoms in total. The van der Waals surface area contributed by atoms with Crippen LogP contribution in [0.25, 0.3) is 0 Å². The van der Waals surface area contributed by atoms with Gasteiger partial charge in [-0.25, -0.2) is 5.43 Å². The number of nitrogens with zero attached hydrogens (tertiary/aromatic N) is 5. The van der Waals surface area contributed by atoms with Gasteiger partial charge in [0.05, 0.1) is 19.4 Å². The quantitative estimate of drug-likeness (QED) is 0.284. The molecule has 0 bridgehead atoms. The zero-order valence-corrected chi connectivity index (χ0v) is 18.5. The van der Waals surface area contributed by atoms with Gasteiger partial charge in [-0.3, -0.25) is 0 Å². The SMILES string of the molecule is Ic1ccc(C=NNc2nc(NCc3ccccc3)nc(N3CCOCC3)n2)cc1. The van der Waals surface area contributed by atoms with E-state index in [1.807, 2.05) is 42.5 Å². The second kappa shape index (κ2) is 10.3. The van der Waals surface area contributed by atoms with Crippen molar-refractivity contribution in [1.29, 1.82) is 0 Å². The highest BCUT2D eigenvalue weighted by Gasteiger charge is 2.16. The fourth-order valence-corrected chi connectivity index (χ4v) is 3.25. The molecule has 3 aromatic rings. The first-order valence-electron chi connectivity index (χ1n) is 9.67. The molecule has 2 aromatic carbocycles. The molecule has 2 N–H and O–H groups in total. The van der Waals surface area contributed by atoms with E-state index in [1.165, 1.54) is 3.57 Å². The first-order chi connectivity index (χ1) is 14.8. The monoisotopic (exact) mass is 515 g/mol. The van der Waals surface area contributed by atoms with Gasteiger partial charge in [0.2, 0.25) is 17.8 Å². The number of morpholine rings is 1. The topological polar surface area (TPSA) is 87.6 Å². The number of ether oxygens (including phenoxy) is 1. The van der Waals surface area contributed by atoms with Crippen LogP contribution in [0.2, 0.25) is 0 Å². The summed E-state index contributed by atoms with van der Waals surface area (Å²) < 4.78 is 6.62. The van der Waals surface area contributed by atoms with Crippen LogP contribution in [-0.4, -0.2) is 47.5 Å². The largest absolute Gasteiger partial charge is 0.378 e. The van der Waals surface area contributed by atoms with E-state index in [1.54, 1.807) is 6.21 Å². The minimum atomic E-state index is 0.392. The smallest absolute Gasteiger partial charge is 0.250 e. The number of hydrogen-bond acceptors (Lipinski definition) is 8. The number of aromatic nitrogens is 3. The molecule has 2 heterocycles. The predicted molar refractivity (Wildman–Crippen MR) is 127 cm³/mol. The summed E-state index contributed by atoms with van der Waals surface area (Å²) in [6, 6.07) is 18.2. The Labute approximate surface area is 188 Å². The number of hydrazone groups is 1. The van der Waals surface area contributed by atoms with Crippen LogP contribution in [-0.2, 0) is 11.3 Å². The van der Waals surface area contributed by atoms with Crippen molar-refractivity contribution >= 4 is 46.7 Å². The molecule has 1 saturated heterocycles. The van der Waals surface area contributed by atoms with Crippen LogP contribution in [0.1, 0.15) is 11.1 Å². The van der Waals surface area contributed by atoms with Crippen molar-refractivity contribution in [3.8, 4) is 0 Å². The van der Waals surface area contributed by atoms with Crippen LogP contribution in [0.3, 0.4) is 0 Å². The standard InChI is InChI=1S/C21H22IN7O/c22-18-8-6-17(7-9-18)15-24-28-20-25-19(23-14-16-4-2-1-3-5-16)26-21(27-20)29-10-12-30-13-11-29/h1-9,15H,10-14H2,(H2,23,25,26,27,28). The number of hydrogen-bond donors (Lipinski definition) is 2. The van der Waals surface area contributed by atoms with E-state index in [-0.39, 0.29) is 0 Å². The van der Waals surface area contributed by atoms with E-state index in [9.17, 15) is 0 Å². The van der Waals surface area contributed by atoms with E-state index in [2.05, 4.69) is 70.4 Å². The molecule has 1 fully saturated rings. The lowest BCUT2D eigenvalue weighted by Crippen LogP contribution is -2.37. The maximum atomic E-state index is 5.44. The number of rotatable bonds is 7. The van der Waals surface area contributed by atoms with Crippen LogP contribution < -0.4 is 15.6 Å². The van der Waals surface area contributed by atoms with Crippen molar-refractivity contribution in [3.63, 3.8) is 0 Å². The third-order valence-corrected chi connectivity index (χ3v) is 5.18. The summed E-state index contributed by atoms with van der Waals surface area (Å²) in [6.07, 6.45) is 1.74. The predicted octanol–water partition coefficient (Wildman–Crippen LogP) is 3.37. The Bertz CT molecular complexity index is 976. The van der Waals surface area contributed by atoms with Gasteiger partial charge >= 0.3 is 0 Å². The molecule has 0 radical (unpaired) electrons. The molecule has 0 unspecified atom stereocenters. The Morgan fingerprint density at radius 1 is 0.967 bits per heavy atom. The molecule has 0 atom stereocenters. The van der Waals surface area contributed by atoms with Gasteiger partial charge in [0.15, 0.2) is 0 Å². The molecular formula is C21H22IN7O. The summed E-state index contributed by atoms with van der Waals surface area (Å²) in [7, 11) is 0. The third-order valence-electron chi connectivity index (χ3n) is 4.46. The van der Waals surface area contributed by atoms with Crippen LogP contribution >= 0.6 is 22.6 Å². The molecule has 1 aliphatic rings. The maximum Gasteiger partial charge on any atom is 0.250 e. The molecule has 1 aromatic heterocycles. The van der Waals surface area contributed by atoms with Crippen molar-refractivity contribution in [1.82, 2.24) is 15.0 Å². The number of halogens is 1. The molecule has 9 heteroatoms. The van der Waals surface area contributed by atoms with Crippen molar-refractivity contribution in [2.75, 3.05) is 41.9 Å². The number of anilines is 3. The molecule has 4 rings (SSSR count).